The van der Waals surface area contributed by atoms with Crippen LogP contribution in [0.1, 0.15) is 69.7 Å². The van der Waals surface area contributed by atoms with Crippen LogP contribution in [0.2, 0.25) is 0 Å². The van der Waals surface area contributed by atoms with Gasteiger partial charge in [0.2, 0.25) is 0 Å². The molecule has 0 heterocycles. The SMILES string of the molecule is CCCCOC(=O)[C@]1(C(=O)OC)CC[C@H](Oc2cc(C(=O)OC)c(OC(C)C)cc2F)CC1. The lowest BCUT2D eigenvalue weighted by atomic mass is 9.73. The molecule has 2 rings (SSSR count). The van der Waals surface area contributed by atoms with Gasteiger partial charge in [0.25, 0.3) is 0 Å². The first-order chi connectivity index (χ1) is 15.7. The molecule has 1 saturated carbocycles. The minimum atomic E-state index is -1.40. The van der Waals surface area contributed by atoms with Crippen LogP contribution in [-0.2, 0) is 23.8 Å². The Morgan fingerprint density at radius 2 is 1.73 bits per heavy atom. The zero-order valence-corrected chi connectivity index (χ0v) is 19.9. The Morgan fingerprint density at radius 3 is 2.27 bits per heavy atom. The largest absolute Gasteiger partial charge is 0.490 e. The molecule has 0 unspecified atom stereocenters. The summed E-state index contributed by atoms with van der Waals surface area (Å²) in [6.07, 6.45) is 1.71. The highest BCUT2D eigenvalue weighted by atomic mass is 19.1. The molecule has 0 radical (unpaired) electrons. The third-order valence-electron chi connectivity index (χ3n) is 5.58. The predicted molar refractivity (Wildman–Crippen MR) is 117 cm³/mol. The molecule has 0 spiro atoms. The van der Waals surface area contributed by atoms with Crippen molar-refractivity contribution >= 4 is 17.9 Å². The van der Waals surface area contributed by atoms with E-state index < -0.39 is 35.2 Å². The number of unbranched alkanes of at least 4 members (excludes halogenated alkanes) is 1. The van der Waals surface area contributed by atoms with Gasteiger partial charge in [-0.25, -0.2) is 9.18 Å². The van der Waals surface area contributed by atoms with Gasteiger partial charge in [0.05, 0.1) is 33.0 Å². The number of hydrogen-bond donors (Lipinski definition) is 0. The number of ether oxygens (including phenoxy) is 5. The van der Waals surface area contributed by atoms with Gasteiger partial charge in [-0.3, -0.25) is 9.59 Å². The first kappa shape index (κ1) is 26.4. The molecule has 0 N–H and O–H groups in total. The maximum absolute atomic E-state index is 14.7. The van der Waals surface area contributed by atoms with Gasteiger partial charge in [-0.2, -0.15) is 0 Å². The molecule has 0 saturated heterocycles. The number of rotatable bonds is 10. The van der Waals surface area contributed by atoms with Crippen molar-refractivity contribution in [2.24, 2.45) is 5.41 Å². The average Bonchev–Trinajstić information content (AvgIpc) is 2.79. The van der Waals surface area contributed by atoms with E-state index in [0.29, 0.717) is 19.3 Å². The van der Waals surface area contributed by atoms with Gasteiger partial charge in [-0.15, -0.1) is 0 Å². The van der Waals surface area contributed by atoms with Gasteiger partial charge in [0.15, 0.2) is 17.0 Å². The van der Waals surface area contributed by atoms with Crippen LogP contribution >= 0.6 is 0 Å². The summed E-state index contributed by atoms with van der Waals surface area (Å²) in [5, 5.41) is 0. The van der Waals surface area contributed by atoms with Crippen molar-refractivity contribution in [2.75, 3.05) is 20.8 Å². The van der Waals surface area contributed by atoms with Crippen LogP contribution in [0.25, 0.3) is 0 Å². The molecule has 0 aliphatic heterocycles. The highest BCUT2D eigenvalue weighted by Gasteiger charge is 2.51. The molecular formula is C24H33FO8. The molecule has 0 atom stereocenters. The molecule has 1 aliphatic carbocycles. The van der Waals surface area contributed by atoms with Crippen molar-refractivity contribution in [1.29, 1.82) is 0 Å². The first-order valence-corrected chi connectivity index (χ1v) is 11.2. The van der Waals surface area contributed by atoms with Crippen LogP contribution in [-0.4, -0.2) is 50.9 Å². The second-order valence-corrected chi connectivity index (χ2v) is 8.32. The van der Waals surface area contributed by atoms with E-state index >= 15 is 0 Å². The van der Waals surface area contributed by atoms with Crippen molar-refractivity contribution in [3.63, 3.8) is 0 Å². The topological polar surface area (TPSA) is 97.4 Å². The zero-order chi connectivity index (χ0) is 24.6. The number of benzene rings is 1. The molecule has 1 fully saturated rings. The lowest BCUT2D eigenvalue weighted by Crippen LogP contribution is -2.46. The second kappa shape index (κ2) is 11.9. The fourth-order valence-electron chi connectivity index (χ4n) is 3.76. The minimum absolute atomic E-state index is 0.0434. The molecule has 1 aromatic carbocycles. The molecule has 184 valence electrons. The van der Waals surface area contributed by atoms with E-state index in [4.69, 9.17) is 23.7 Å². The lowest BCUT2D eigenvalue weighted by molar-refractivity contribution is -0.174. The zero-order valence-electron chi connectivity index (χ0n) is 19.9. The smallest absolute Gasteiger partial charge is 0.341 e. The summed E-state index contributed by atoms with van der Waals surface area (Å²) in [5.74, 6) is -2.69. The number of carbonyl (C=O) groups excluding carboxylic acids is 3. The van der Waals surface area contributed by atoms with Crippen LogP contribution in [0, 0.1) is 11.2 Å². The van der Waals surface area contributed by atoms with E-state index in [1.54, 1.807) is 13.8 Å². The molecule has 33 heavy (non-hydrogen) atoms. The number of carbonyl (C=O) groups is 3. The molecule has 0 amide bonds. The molecule has 0 aromatic heterocycles. The Balaban J connectivity index is 2.18. The predicted octanol–water partition coefficient (Wildman–Crippen LogP) is 4.22. The molecule has 0 bridgehead atoms. The molecule has 9 heteroatoms. The molecule has 1 aliphatic rings. The van der Waals surface area contributed by atoms with Gasteiger partial charge >= 0.3 is 17.9 Å². The monoisotopic (exact) mass is 468 g/mol. The number of hydrogen-bond acceptors (Lipinski definition) is 8. The van der Waals surface area contributed by atoms with Crippen molar-refractivity contribution < 1.29 is 42.5 Å². The molecular weight excluding hydrogens is 435 g/mol. The number of esters is 3. The highest BCUT2D eigenvalue weighted by molar-refractivity contribution is 6.00. The summed E-state index contributed by atoms with van der Waals surface area (Å²) < 4.78 is 41.1. The summed E-state index contributed by atoms with van der Waals surface area (Å²) in [4.78, 5) is 37.3. The third-order valence-corrected chi connectivity index (χ3v) is 5.58. The minimum Gasteiger partial charge on any atom is -0.490 e. The van der Waals surface area contributed by atoms with Gasteiger partial charge in [0.1, 0.15) is 11.3 Å². The van der Waals surface area contributed by atoms with Crippen LogP contribution < -0.4 is 9.47 Å². The van der Waals surface area contributed by atoms with Crippen LogP contribution in [0.15, 0.2) is 12.1 Å². The average molecular weight is 469 g/mol. The quantitative estimate of drug-likeness (QED) is 0.218. The Morgan fingerprint density at radius 1 is 1.06 bits per heavy atom. The summed E-state index contributed by atoms with van der Waals surface area (Å²) >= 11 is 0. The van der Waals surface area contributed by atoms with E-state index in [9.17, 15) is 18.8 Å². The Bertz CT molecular complexity index is 843. The summed E-state index contributed by atoms with van der Waals surface area (Å²) in [5.41, 5.74) is -1.35. The van der Waals surface area contributed by atoms with Crippen LogP contribution in [0.5, 0.6) is 11.5 Å². The van der Waals surface area contributed by atoms with E-state index in [0.717, 1.165) is 12.5 Å². The maximum Gasteiger partial charge on any atom is 0.341 e. The van der Waals surface area contributed by atoms with Crippen molar-refractivity contribution in [3.05, 3.63) is 23.5 Å². The van der Waals surface area contributed by atoms with Crippen molar-refractivity contribution in [1.82, 2.24) is 0 Å². The maximum atomic E-state index is 14.7. The normalized spacial score (nSPS) is 20.2. The Hall–Kier alpha value is -2.84. The molecule has 1 aromatic rings. The summed E-state index contributed by atoms with van der Waals surface area (Å²) in [6, 6.07) is 2.34. The second-order valence-electron chi connectivity index (χ2n) is 8.32. The van der Waals surface area contributed by atoms with Gasteiger partial charge in [-0.05, 0) is 46.0 Å². The third kappa shape index (κ3) is 6.36. The van der Waals surface area contributed by atoms with Crippen molar-refractivity contribution in [3.8, 4) is 11.5 Å². The van der Waals surface area contributed by atoms with E-state index in [2.05, 4.69) is 0 Å². The standard InChI is InChI=1S/C24H33FO8/c1-6-7-12-31-23(28)24(22(27)30-5)10-8-16(9-11-24)33-20-13-17(21(26)29-4)19(14-18(20)25)32-15(2)3/h13-16H,6-12H2,1-5H3/t16-,24+. The Kier molecular flexibility index (Phi) is 9.49. The van der Waals surface area contributed by atoms with Crippen molar-refractivity contribution in [2.45, 2.75) is 71.5 Å². The number of halogens is 1. The summed E-state index contributed by atoms with van der Waals surface area (Å²) in [7, 11) is 2.45. The lowest BCUT2D eigenvalue weighted by Gasteiger charge is -2.35. The fourth-order valence-corrected chi connectivity index (χ4v) is 3.76. The Labute approximate surface area is 193 Å². The van der Waals surface area contributed by atoms with E-state index in [-0.39, 0.29) is 42.6 Å². The fraction of sp³-hybridized carbons (Fsp3) is 0.625. The molecule has 8 nitrogen and oxygen atoms in total. The van der Waals surface area contributed by atoms with Crippen LogP contribution in [0.3, 0.4) is 0 Å². The van der Waals surface area contributed by atoms with E-state index in [1.807, 2.05) is 6.92 Å². The van der Waals surface area contributed by atoms with Crippen LogP contribution in [0.4, 0.5) is 4.39 Å². The van der Waals surface area contributed by atoms with E-state index in [1.165, 1.54) is 20.3 Å². The summed E-state index contributed by atoms with van der Waals surface area (Å²) in [6.45, 7) is 5.72. The van der Waals surface area contributed by atoms with Gasteiger partial charge in [-0.1, -0.05) is 13.3 Å². The van der Waals surface area contributed by atoms with Gasteiger partial charge in [0, 0.05) is 12.1 Å². The number of methoxy groups -OCH3 is 2. The highest BCUT2D eigenvalue weighted by Crippen LogP contribution is 2.41. The van der Waals surface area contributed by atoms with Gasteiger partial charge < -0.3 is 23.7 Å². The first-order valence-electron chi connectivity index (χ1n) is 11.2.